The summed E-state index contributed by atoms with van der Waals surface area (Å²) in [7, 11) is 0. The van der Waals surface area contributed by atoms with Gasteiger partial charge in [-0.2, -0.15) is 5.10 Å². The van der Waals surface area contributed by atoms with Crippen molar-refractivity contribution in [2.45, 2.75) is 38.2 Å². The second-order valence-corrected chi connectivity index (χ2v) is 6.73. The number of fused-ring (bicyclic) bond motifs is 1. The molecule has 1 N–H and O–H groups in total. The topological polar surface area (TPSA) is 67.5 Å². The molecule has 132 valence electrons. The van der Waals surface area contributed by atoms with Gasteiger partial charge in [-0.3, -0.25) is 9.89 Å². The standard InChI is InChI=1S/C19H23N3O3/c1-2-9-22(19(23)16-10-15(20-21-16)13-7-8-13)11-14-12-24-17-5-3-4-6-18(17)25-14/h3-6,10,13-14H,2,7-9,11-12H2,1H3,(H,20,21)/t14-/m0/s1. The number of nitrogens with zero attached hydrogens (tertiary/aromatic N) is 2. The minimum atomic E-state index is -0.174. The van der Waals surface area contributed by atoms with Crippen LogP contribution in [0.2, 0.25) is 0 Å². The lowest BCUT2D eigenvalue weighted by Crippen LogP contribution is -2.44. The fourth-order valence-electron chi connectivity index (χ4n) is 3.16. The van der Waals surface area contributed by atoms with Crippen LogP contribution >= 0.6 is 0 Å². The minimum Gasteiger partial charge on any atom is -0.486 e. The van der Waals surface area contributed by atoms with E-state index in [1.165, 1.54) is 12.8 Å². The zero-order valence-electron chi connectivity index (χ0n) is 14.4. The third kappa shape index (κ3) is 3.48. The first-order chi connectivity index (χ1) is 12.2. The van der Waals surface area contributed by atoms with Crippen LogP contribution < -0.4 is 9.47 Å². The molecule has 4 rings (SSSR count). The zero-order chi connectivity index (χ0) is 17.2. The van der Waals surface area contributed by atoms with E-state index in [0.29, 0.717) is 31.3 Å². The second-order valence-electron chi connectivity index (χ2n) is 6.73. The number of rotatable bonds is 6. The molecule has 6 heteroatoms. The first-order valence-corrected chi connectivity index (χ1v) is 8.97. The molecule has 1 saturated carbocycles. The highest BCUT2D eigenvalue weighted by molar-refractivity contribution is 5.92. The molecule has 1 aromatic heterocycles. The van der Waals surface area contributed by atoms with Gasteiger partial charge in [0.2, 0.25) is 0 Å². The number of aromatic amines is 1. The number of benzene rings is 1. The summed E-state index contributed by atoms with van der Waals surface area (Å²) < 4.78 is 11.8. The number of aromatic nitrogens is 2. The van der Waals surface area contributed by atoms with Crippen LogP contribution in [0, 0.1) is 0 Å². The quantitative estimate of drug-likeness (QED) is 0.877. The number of nitrogens with one attached hydrogen (secondary N) is 1. The number of carbonyl (C=O) groups is 1. The SMILES string of the molecule is CCCN(C[C@H]1COc2ccccc2O1)C(=O)c1cc(C2CC2)[nH]n1. The van der Waals surface area contributed by atoms with Gasteiger partial charge in [0.15, 0.2) is 17.6 Å². The van der Waals surface area contributed by atoms with E-state index in [1.54, 1.807) is 0 Å². The maximum Gasteiger partial charge on any atom is 0.274 e. The lowest BCUT2D eigenvalue weighted by atomic mass is 10.2. The Hall–Kier alpha value is -2.50. The van der Waals surface area contributed by atoms with E-state index in [2.05, 4.69) is 17.1 Å². The molecule has 1 aliphatic heterocycles. The molecule has 2 aliphatic rings. The molecule has 2 aromatic rings. The Kier molecular flexibility index (Phi) is 4.34. The summed E-state index contributed by atoms with van der Waals surface area (Å²) in [6, 6.07) is 9.52. The minimum absolute atomic E-state index is 0.0486. The van der Waals surface area contributed by atoms with Crippen molar-refractivity contribution in [2.24, 2.45) is 0 Å². The van der Waals surface area contributed by atoms with Crippen molar-refractivity contribution < 1.29 is 14.3 Å². The smallest absolute Gasteiger partial charge is 0.274 e. The molecule has 0 bridgehead atoms. The molecule has 1 fully saturated rings. The van der Waals surface area contributed by atoms with Gasteiger partial charge < -0.3 is 14.4 Å². The van der Waals surface area contributed by atoms with Crippen LogP contribution in [0.3, 0.4) is 0 Å². The van der Waals surface area contributed by atoms with Crippen molar-refractivity contribution in [3.8, 4) is 11.5 Å². The molecule has 6 nitrogen and oxygen atoms in total. The highest BCUT2D eigenvalue weighted by Gasteiger charge is 2.29. The van der Waals surface area contributed by atoms with Crippen molar-refractivity contribution in [1.82, 2.24) is 15.1 Å². The van der Waals surface area contributed by atoms with Gasteiger partial charge in [-0.15, -0.1) is 0 Å². The number of amides is 1. The third-order valence-electron chi connectivity index (χ3n) is 4.61. The Morgan fingerprint density at radius 3 is 2.88 bits per heavy atom. The average molecular weight is 341 g/mol. The number of carbonyl (C=O) groups excluding carboxylic acids is 1. The Morgan fingerprint density at radius 2 is 2.12 bits per heavy atom. The second kappa shape index (κ2) is 6.78. The number of para-hydroxylation sites is 2. The Labute approximate surface area is 147 Å². The van der Waals surface area contributed by atoms with E-state index in [9.17, 15) is 4.79 Å². The van der Waals surface area contributed by atoms with E-state index in [1.807, 2.05) is 35.2 Å². The molecule has 0 spiro atoms. The predicted octanol–water partition coefficient (Wildman–Crippen LogP) is 2.98. The van der Waals surface area contributed by atoms with Gasteiger partial charge in [-0.1, -0.05) is 19.1 Å². The molecule has 1 atom stereocenters. The van der Waals surface area contributed by atoms with E-state index in [4.69, 9.17) is 9.47 Å². The molecule has 1 amide bonds. The van der Waals surface area contributed by atoms with Gasteiger partial charge in [0.1, 0.15) is 12.3 Å². The van der Waals surface area contributed by atoms with Crippen LogP contribution in [0.25, 0.3) is 0 Å². The highest BCUT2D eigenvalue weighted by atomic mass is 16.6. The normalized spacial score (nSPS) is 18.8. The van der Waals surface area contributed by atoms with Gasteiger partial charge in [0.25, 0.3) is 5.91 Å². The van der Waals surface area contributed by atoms with E-state index < -0.39 is 0 Å². The number of H-pyrrole nitrogens is 1. The molecule has 1 aromatic carbocycles. The molecule has 1 aliphatic carbocycles. The van der Waals surface area contributed by atoms with Crippen LogP contribution in [0.5, 0.6) is 11.5 Å². The largest absolute Gasteiger partial charge is 0.486 e. The van der Waals surface area contributed by atoms with Crippen molar-refractivity contribution in [2.75, 3.05) is 19.7 Å². The zero-order valence-corrected chi connectivity index (χ0v) is 14.4. The van der Waals surface area contributed by atoms with Crippen LogP contribution in [0.4, 0.5) is 0 Å². The van der Waals surface area contributed by atoms with Gasteiger partial charge in [-0.25, -0.2) is 0 Å². The summed E-state index contributed by atoms with van der Waals surface area (Å²) >= 11 is 0. The average Bonchev–Trinajstić information content (AvgIpc) is 3.37. The maximum atomic E-state index is 12.9. The maximum absolute atomic E-state index is 12.9. The third-order valence-corrected chi connectivity index (χ3v) is 4.61. The molecule has 25 heavy (non-hydrogen) atoms. The van der Waals surface area contributed by atoms with Crippen molar-refractivity contribution in [1.29, 1.82) is 0 Å². The molecular formula is C19H23N3O3. The number of hydrogen-bond acceptors (Lipinski definition) is 4. The lowest BCUT2D eigenvalue weighted by Gasteiger charge is -2.31. The summed E-state index contributed by atoms with van der Waals surface area (Å²) in [5.74, 6) is 2.00. The van der Waals surface area contributed by atoms with E-state index >= 15 is 0 Å². The summed E-state index contributed by atoms with van der Waals surface area (Å²) in [5.41, 5.74) is 1.57. The van der Waals surface area contributed by atoms with Gasteiger partial charge >= 0.3 is 0 Å². The summed E-state index contributed by atoms with van der Waals surface area (Å²) in [5, 5.41) is 7.23. The van der Waals surface area contributed by atoms with Gasteiger partial charge in [0, 0.05) is 18.2 Å². The summed E-state index contributed by atoms with van der Waals surface area (Å²) in [4.78, 5) is 14.7. The van der Waals surface area contributed by atoms with Crippen molar-refractivity contribution in [3.63, 3.8) is 0 Å². The summed E-state index contributed by atoms with van der Waals surface area (Å²) in [6.45, 7) is 3.67. The van der Waals surface area contributed by atoms with Crippen molar-refractivity contribution in [3.05, 3.63) is 41.7 Å². The van der Waals surface area contributed by atoms with Gasteiger partial charge in [-0.05, 0) is 37.5 Å². The molecule has 0 unspecified atom stereocenters. The Balaban J connectivity index is 1.44. The summed E-state index contributed by atoms with van der Waals surface area (Å²) in [6.07, 6.45) is 3.07. The lowest BCUT2D eigenvalue weighted by molar-refractivity contribution is 0.0459. The van der Waals surface area contributed by atoms with Crippen molar-refractivity contribution >= 4 is 5.91 Å². The van der Waals surface area contributed by atoms with Crippen LogP contribution in [-0.4, -0.2) is 46.8 Å². The van der Waals surface area contributed by atoms with Gasteiger partial charge in [0.05, 0.1) is 6.54 Å². The first kappa shape index (κ1) is 16.0. The monoisotopic (exact) mass is 341 g/mol. The molecule has 2 heterocycles. The first-order valence-electron chi connectivity index (χ1n) is 8.97. The fourth-order valence-corrected chi connectivity index (χ4v) is 3.16. The fraction of sp³-hybridized carbons (Fsp3) is 0.474. The Bertz CT molecular complexity index is 754. The van der Waals surface area contributed by atoms with Crippen LogP contribution in [-0.2, 0) is 0 Å². The van der Waals surface area contributed by atoms with Crippen LogP contribution in [0.15, 0.2) is 30.3 Å². The predicted molar refractivity (Wildman–Crippen MR) is 93.1 cm³/mol. The van der Waals surface area contributed by atoms with E-state index in [0.717, 1.165) is 23.6 Å². The van der Waals surface area contributed by atoms with E-state index in [-0.39, 0.29) is 12.0 Å². The molecule has 0 radical (unpaired) electrons. The van der Waals surface area contributed by atoms with Crippen LogP contribution in [0.1, 0.15) is 48.3 Å². The molecule has 0 saturated heterocycles. The number of ether oxygens (including phenoxy) is 2. The molecular weight excluding hydrogens is 318 g/mol. The highest BCUT2D eigenvalue weighted by Crippen LogP contribution is 2.39. The Morgan fingerprint density at radius 1 is 1.32 bits per heavy atom. The number of hydrogen-bond donors (Lipinski definition) is 1.